The van der Waals surface area contributed by atoms with Crippen molar-refractivity contribution >= 4 is 23.7 Å². The molecule has 0 aliphatic rings. The van der Waals surface area contributed by atoms with Crippen LogP contribution >= 0.6 is 11.8 Å². The van der Waals surface area contributed by atoms with Crippen LogP contribution in [0.1, 0.15) is 28.7 Å². The average molecular weight is 399 g/mol. The summed E-state index contributed by atoms with van der Waals surface area (Å²) in [6, 6.07) is 13.1. The molecule has 2 aromatic carbocycles. The molecular weight excluding hydrogens is 378 g/mol. The molecule has 0 atom stereocenters. The number of hydrogen-bond donors (Lipinski definition) is 1. The van der Waals surface area contributed by atoms with Crippen molar-refractivity contribution in [2.45, 2.75) is 18.2 Å². The molecule has 0 bridgehead atoms. The first-order valence-corrected chi connectivity index (χ1v) is 9.69. The van der Waals surface area contributed by atoms with Gasteiger partial charge in [-0.3, -0.25) is 10.1 Å². The van der Waals surface area contributed by atoms with E-state index in [1.807, 2.05) is 12.1 Å². The summed E-state index contributed by atoms with van der Waals surface area (Å²) in [5, 5.41) is 10.5. The number of aromatic nitrogens is 2. The molecule has 1 aromatic heterocycles. The predicted molar refractivity (Wildman–Crippen MR) is 107 cm³/mol. The van der Waals surface area contributed by atoms with Gasteiger partial charge in [0.25, 0.3) is 5.91 Å². The topological polar surface area (TPSA) is 86.5 Å². The number of carbonyl (C=O) groups is 1. The number of nitrogens with zero attached hydrogens (tertiary/aromatic N) is 2. The Hall–Kier alpha value is -3.00. The monoisotopic (exact) mass is 399 g/mol. The highest BCUT2D eigenvalue weighted by Gasteiger charge is 2.14. The lowest BCUT2D eigenvalue weighted by Gasteiger charge is -2.08. The van der Waals surface area contributed by atoms with Crippen molar-refractivity contribution in [3.63, 3.8) is 0 Å². The summed E-state index contributed by atoms with van der Waals surface area (Å²) >= 11 is 1.79. The predicted octanol–water partition coefficient (Wildman–Crippen LogP) is 4.04. The van der Waals surface area contributed by atoms with Crippen molar-refractivity contribution < 1.29 is 18.7 Å². The molecule has 0 saturated heterocycles. The number of anilines is 1. The summed E-state index contributed by atoms with van der Waals surface area (Å²) < 4.78 is 15.9. The van der Waals surface area contributed by atoms with Crippen LogP contribution in [-0.4, -0.2) is 36.1 Å². The summed E-state index contributed by atoms with van der Waals surface area (Å²) in [5.41, 5.74) is 1.45. The van der Waals surface area contributed by atoms with E-state index in [-0.39, 0.29) is 11.9 Å². The largest absolute Gasteiger partial charge is 0.493 e. The number of amides is 1. The van der Waals surface area contributed by atoms with Crippen LogP contribution in [0.5, 0.6) is 11.5 Å². The van der Waals surface area contributed by atoms with Crippen molar-refractivity contribution in [3.05, 3.63) is 59.5 Å². The molecule has 8 heteroatoms. The van der Waals surface area contributed by atoms with Gasteiger partial charge >= 0.3 is 6.01 Å². The second kappa shape index (κ2) is 9.27. The van der Waals surface area contributed by atoms with Gasteiger partial charge in [0.1, 0.15) is 0 Å². The van der Waals surface area contributed by atoms with Gasteiger partial charge < -0.3 is 13.9 Å². The molecule has 3 aromatic rings. The van der Waals surface area contributed by atoms with E-state index in [9.17, 15) is 4.79 Å². The summed E-state index contributed by atoms with van der Waals surface area (Å²) in [6.07, 6.45) is 0.496. The zero-order chi connectivity index (χ0) is 19.9. The molecule has 1 heterocycles. The fourth-order valence-electron chi connectivity index (χ4n) is 2.57. The molecular formula is C20H21N3O4S. The minimum Gasteiger partial charge on any atom is -0.493 e. The fraction of sp³-hybridized carbons (Fsp3) is 0.250. The second-order valence-corrected chi connectivity index (χ2v) is 7.12. The third-order valence-corrected chi connectivity index (χ3v) is 4.82. The molecule has 0 spiro atoms. The molecule has 3 rings (SSSR count). The normalized spacial score (nSPS) is 10.5. The van der Waals surface area contributed by atoms with Crippen LogP contribution in [0.3, 0.4) is 0 Å². The Morgan fingerprint density at radius 1 is 1.07 bits per heavy atom. The third-order valence-electron chi connectivity index (χ3n) is 3.92. The van der Waals surface area contributed by atoms with Gasteiger partial charge in [0.15, 0.2) is 11.5 Å². The summed E-state index contributed by atoms with van der Waals surface area (Å²) in [5.74, 6) is 2.09. The maximum atomic E-state index is 12.4. The standard InChI is InChI=1S/C20H21N3O4S/c1-4-28-15-8-5-13(6-9-15)11-18-22-23-20(27-18)21-19(24)14-7-10-16(25-2)17(12-14)26-3/h5-10,12H,4,11H2,1-3H3,(H,21,23,24). The first-order valence-electron chi connectivity index (χ1n) is 8.70. The van der Waals surface area contributed by atoms with E-state index in [1.54, 1.807) is 30.0 Å². The van der Waals surface area contributed by atoms with Crippen LogP contribution in [0.15, 0.2) is 51.8 Å². The second-order valence-electron chi connectivity index (χ2n) is 5.78. The van der Waals surface area contributed by atoms with Gasteiger partial charge in [-0.05, 0) is 41.6 Å². The van der Waals surface area contributed by atoms with E-state index in [0.717, 1.165) is 11.3 Å². The lowest BCUT2D eigenvalue weighted by molar-refractivity contribution is 0.102. The van der Waals surface area contributed by atoms with Gasteiger partial charge in [-0.2, -0.15) is 0 Å². The number of hydrogen-bond acceptors (Lipinski definition) is 7. The van der Waals surface area contributed by atoms with Crippen molar-refractivity contribution in [2.75, 3.05) is 25.3 Å². The minimum atomic E-state index is -0.378. The van der Waals surface area contributed by atoms with Gasteiger partial charge in [-0.15, -0.1) is 16.9 Å². The van der Waals surface area contributed by atoms with Crippen molar-refractivity contribution in [3.8, 4) is 11.5 Å². The van der Waals surface area contributed by atoms with Gasteiger partial charge in [-0.1, -0.05) is 24.2 Å². The van der Waals surface area contributed by atoms with Crippen molar-refractivity contribution in [1.29, 1.82) is 0 Å². The number of methoxy groups -OCH3 is 2. The van der Waals surface area contributed by atoms with Crippen LogP contribution in [0, 0.1) is 0 Å². The summed E-state index contributed by atoms with van der Waals surface area (Å²) in [6.45, 7) is 2.12. The molecule has 7 nitrogen and oxygen atoms in total. The van der Waals surface area contributed by atoms with Crippen LogP contribution in [0.2, 0.25) is 0 Å². The first kappa shape index (κ1) is 19.8. The molecule has 28 heavy (non-hydrogen) atoms. The number of carbonyl (C=O) groups excluding carboxylic acids is 1. The average Bonchev–Trinajstić information content (AvgIpc) is 3.15. The van der Waals surface area contributed by atoms with Gasteiger partial charge in [-0.25, -0.2) is 0 Å². The Morgan fingerprint density at radius 3 is 2.50 bits per heavy atom. The Bertz CT molecular complexity index is 941. The lowest BCUT2D eigenvalue weighted by atomic mass is 10.1. The van der Waals surface area contributed by atoms with Crippen LogP contribution in [0.4, 0.5) is 6.01 Å². The molecule has 1 N–H and O–H groups in total. The van der Waals surface area contributed by atoms with E-state index < -0.39 is 0 Å². The number of nitrogens with one attached hydrogen (secondary N) is 1. The molecule has 0 radical (unpaired) electrons. The van der Waals surface area contributed by atoms with Gasteiger partial charge in [0.05, 0.1) is 20.6 Å². The highest BCUT2D eigenvalue weighted by Crippen LogP contribution is 2.28. The smallest absolute Gasteiger partial charge is 0.322 e. The number of benzene rings is 2. The van der Waals surface area contributed by atoms with Gasteiger partial charge in [0.2, 0.25) is 5.89 Å². The highest BCUT2D eigenvalue weighted by atomic mass is 32.2. The molecule has 1 amide bonds. The van der Waals surface area contributed by atoms with Crippen LogP contribution < -0.4 is 14.8 Å². The van der Waals surface area contributed by atoms with Crippen molar-refractivity contribution in [2.24, 2.45) is 0 Å². The van der Waals surface area contributed by atoms with E-state index >= 15 is 0 Å². The molecule has 0 aliphatic carbocycles. The van der Waals surface area contributed by atoms with Crippen molar-refractivity contribution in [1.82, 2.24) is 10.2 Å². The summed E-state index contributed by atoms with van der Waals surface area (Å²) in [4.78, 5) is 13.6. The van der Waals surface area contributed by atoms with E-state index in [2.05, 4.69) is 34.6 Å². The number of ether oxygens (including phenoxy) is 2. The molecule has 0 saturated carbocycles. The molecule has 0 fully saturated rings. The Morgan fingerprint density at radius 2 is 1.82 bits per heavy atom. The first-order chi connectivity index (χ1) is 13.6. The van der Waals surface area contributed by atoms with Gasteiger partial charge in [0, 0.05) is 10.5 Å². The SMILES string of the molecule is CCSc1ccc(Cc2nnc(NC(=O)c3ccc(OC)c(OC)c3)o2)cc1. The van der Waals surface area contributed by atoms with E-state index in [0.29, 0.717) is 29.4 Å². The molecule has 146 valence electrons. The van der Waals surface area contributed by atoms with Crippen LogP contribution in [-0.2, 0) is 6.42 Å². The van der Waals surface area contributed by atoms with Crippen LogP contribution in [0.25, 0.3) is 0 Å². The van der Waals surface area contributed by atoms with E-state index in [4.69, 9.17) is 13.9 Å². The quantitative estimate of drug-likeness (QED) is 0.572. The Labute approximate surface area is 167 Å². The lowest BCUT2D eigenvalue weighted by Crippen LogP contribution is -2.12. The Balaban J connectivity index is 1.64. The maximum Gasteiger partial charge on any atom is 0.322 e. The number of rotatable bonds is 8. The third kappa shape index (κ3) is 4.83. The maximum absolute atomic E-state index is 12.4. The zero-order valence-electron chi connectivity index (χ0n) is 15.9. The Kier molecular flexibility index (Phi) is 6.54. The molecule has 0 aliphatic heterocycles. The number of thioether (sulfide) groups is 1. The minimum absolute atomic E-state index is 0.0490. The zero-order valence-corrected chi connectivity index (χ0v) is 16.7. The molecule has 0 unspecified atom stereocenters. The highest BCUT2D eigenvalue weighted by molar-refractivity contribution is 7.99. The van der Waals surface area contributed by atoms with E-state index in [1.165, 1.54) is 19.1 Å². The fourth-order valence-corrected chi connectivity index (χ4v) is 3.23. The summed E-state index contributed by atoms with van der Waals surface area (Å²) in [7, 11) is 3.05.